The number of thiol groups is 1. The van der Waals surface area contributed by atoms with Gasteiger partial charge in [0.05, 0.1) is 12.7 Å². The number of aliphatic hydroxyl groups excluding tert-OH is 2. The quantitative estimate of drug-likeness (QED) is 0.480. The lowest BCUT2D eigenvalue weighted by Gasteiger charge is -2.07. The lowest BCUT2D eigenvalue weighted by Crippen LogP contribution is -2.12. The van der Waals surface area contributed by atoms with E-state index >= 15 is 0 Å². The first-order chi connectivity index (χ1) is 3.66. The Morgan fingerprint density at radius 2 is 2.12 bits per heavy atom. The second kappa shape index (κ2) is 4.18. The fraction of sp³-hybridized carbons (Fsp3) is 1.00. The molecule has 2 nitrogen and oxygen atoms in total. The molecule has 0 amide bonds. The molecule has 0 aliphatic rings. The van der Waals surface area contributed by atoms with Gasteiger partial charge in [0.25, 0.3) is 0 Å². The van der Waals surface area contributed by atoms with Gasteiger partial charge < -0.3 is 10.2 Å². The predicted molar refractivity (Wildman–Crippen MR) is 36.2 cm³/mol. The molecule has 0 spiro atoms. The molecule has 0 bridgehead atoms. The van der Waals surface area contributed by atoms with Gasteiger partial charge in [-0.15, -0.1) is 0 Å². The van der Waals surface area contributed by atoms with Gasteiger partial charge in [0.1, 0.15) is 0 Å². The fourth-order valence-electron chi connectivity index (χ4n) is 0.468. The average Bonchev–Trinajstić information content (AvgIpc) is 1.65. The lowest BCUT2D eigenvalue weighted by molar-refractivity contribution is 0.170. The molecule has 0 aliphatic heterocycles. The van der Waals surface area contributed by atoms with E-state index in [0.29, 0.717) is 6.42 Å². The van der Waals surface area contributed by atoms with Crippen molar-refractivity contribution in [2.45, 2.75) is 24.7 Å². The van der Waals surface area contributed by atoms with Crippen LogP contribution in [0, 0.1) is 0 Å². The SMILES string of the molecule is CC(O)CC(S)CO. The van der Waals surface area contributed by atoms with Crippen LogP contribution >= 0.6 is 12.6 Å². The molecule has 0 heterocycles. The van der Waals surface area contributed by atoms with Crippen molar-refractivity contribution in [1.82, 2.24) is 0 Å². The van der Waals surface area contributed by atoms with Crippen LogP contribution in [0.3, 0.4) is 0 Å². The molecule has 0 fully saturated rings. The molecule has 3 heteroatoms. The Morgan fingerprint density at radius 3 is 2.25 bits per heavy atom. The maximum atomic E-state index is 8.69. The summed E-state index contributed by atoms with van der Waals surface area (Å²) in [6, 6.07) is 0. The van der Waals surface area contributed by atoms with Crippen molar-refractivity contribution in [2.75, 3.05) is 6.61 Å². The van der Waals surface area contributed by atoms with Crippen LogP contribution in [0.25, 0.3) is 0 Å². The van der Waals surface area contributed by atoms with Gasteiger partial charge in [0.2, 0.25) is 0 Å². The minimum Gasteiger partial charge on any atom is -0.395 e. The van der Waals surface area contributed by atoms with Crippen molar-refractivity contribution < 1.29 is 10.2 Å². The van der Waals surface area contributed by atoms with E-state index in [1.54, 1.807) is 6.92 Å². The molecule has 50 valence electrons. The Balaban J connectivity index is 3.10. The molecule has 8 heavy (non-hydrogen) atoms. The molecule has 0 aromatic rings. The van der Waals surface area contributed by atoms with E-state index in [1.807, 2.05) is 0 Å². The van der Waals surface area contributed by atoms with Crippen LogP contribution < -0.4 is 0 Å². The molecule has 2 N–H and O–H groups in total. The standard InChI is InChI=1S/C5H12O2S/c1-4(7)2-5(8)3-6/h4-8H,2-3H2,1H3. The van der Waals surface area contributed by atoms with Crippen molar-refractivity contribution in [3.63, 3.8) is 0 Å². The summed E-state index contributed by atoms with van der Waals surface area (Å²) >= 11 is 3.96. The van der Waals surface area contributed by atoms with Crippen LogP contribution in [0.5, 0.6) is 0 Å². The molecule has 0 saturated carbocycles. The Kier molecular flexibility index (Phi) is 4.32. The third-order valence-corrected chi connectivity index (χ3v) is 1.20. The van der Waals surface area contributed by atoms with Crippen molar-refractivity contribution in [3.05, 3.63) is 0 Å². The summed E-state index contributed by atoms with van der Waals surface area (Å²) in [6.45, 7) is 1.72. The van der Waals surface area contributed by atoms with Gasteiger partial charge in [-0.3, -0.25) is 0 Å². The first-order valence-electron chi connectivity index (χ1n) is 2.63. The Labute approximate surface area is 54.9 Å². The summed E-state index contributed by atoms with van der Waals surface area (Å²) in [7, 11) is 0. The van der Waals surface area contributed by atoms with Gasteiger partial charge in [-0.1, -0.05) is 0 Å². The zero-order valence-corrected chi connectivity index (χ0v) is 5.80. The van der Waals surface area contributed by atoms with E-state index < -0.39 is 0 Å². The molecule has 0 rings (SSSR count). The van der Waals surface area contributed by atoms with E-state index in [0.717, 1.165) is 0 Å². The van der Waals surface area contributed by atoms with E-state index in [2.05, 4.69) is 12.6 Å². The third-order valence-electron chi connectivity index (χ3n) is 0.824. The van der Waals surface area contributed by atoms with Gasteiger partial charge in [-0.25, -0.2) is 0 Å². The molecule has 0 saturated heterocycles. The normalized spacial score (nSPS) is 18.0. The van der Waals surface area contributed by atoms with E-state index in [1.165, 1.54) is 0 Å². The Bertz CT molecular complexity index is 56.4. The van der Waals surface area contributed by atoms with Crippen LogP contribution in [0.2, 0.25) is 0 Å². The van der Waals surface area contributed by atoms with Crippen molar-refractivity contribution >= 4 is 12.6 Å². The third kappa shape index (κ3) is 4.43. The highest BCUT2D eigenvalue weighted by molar-refractivity contribution is 7.81. The summed E-state index contributed by atoms with van der Waals surface area (Å²) in [5, 5.41) is 17.0. The molecule has 0 aromatic carbocycles. The second-order valence-corrected chi connectivity index (χ2v) is 2.65. The summed E-state index contributed by atoms with van der Waals surface area (Å²) in [5.74, 6) is 0. The summed E-state index contributed by atoms with van der Waals surface area (Å²) < 4.78 is 0. The number of hydrogen-bond acceptors (Lipinski definition) is 3. The van der Waals surface area contributed by atoms with Gasteiger partial charge in [-0.2, -0.15) is 12.6 Å². The highest BCUT2D eigenvalue weighted by Gasteiger charge is 2.03. The largest absolute Gasteiger partial charge is 0.395 e. The van der Waals surface area contributed by atoms with Crippen LogP contribution in [-0.4, -0.2) is 28.2 Å². The molecule has 0 aliphatic carbocycles. The maximum Gasteiger partial charge on any atom is 0.0548 e. The average molecular weight is 136 g/mol. The van der Waals surface area contributed by atoms with Gasteiger partial charge in [0, 0.05) is 5.25 Å². The van der Waals surface area contributed by atoms with Crippen LogP contribution in [0.4, 0.5) is 0 Å². The lowest BCUT2D eigenvalue weighted by atomic mass is 10.2. The first kappa shape index (κ1) is 8.27. The molecule has 0 aromatic heterocycles. The number of aliphatic hydroxyl groups is 2. The minimum atomic E-state index is -0.357. The van der Waals surface area contributed by atoms with Crippen molar-refractivity contribution in [1.29, 1.82) is 0 Å². The predicted octanol–water partition coefficient (Wildman–Crippen LogP) is 0.0480. The number of rotatable bonds is 3. The minimum absolute atomic E-state index is 0.0357. The second-order valence-electron chi connectivity index (χ2n) is 1.92. The summed E-state index contributed by atoms with van der Waals surface area (Å²) in [6.07, 6.45) is 0.198. The Morgan fingerprint density at radius 1 is 1.62 bits per heavy atom. The maximum absolute atomic E-state index is 8.69. The molecule has 2 unspecified atom stereocenters. The van der Waals surface area contributed by atoms with E-state index in [9.17, 15) is 0 Å². The zero-order chi connectivity index (χ0) is 6.57. The van der Waals surface area contributed by atoms with Gasteiger partial charge >= 0.3 is 0 Å². The zero-order valence-electron chi connectivity index (χ0n) is 4.91. The Hall–Kier alpha value is 0.270. The monoisotopic (exact) mass is 136 g/mol. The van der Waals surface area contributed by atoms with Gasteiger partial charge in [0.15, 0.2) is 0 Å². The fourth-order valence-corrected chi connectivity index (χ4v) is 0.773. The topological polar surface area (TPSA) is 40.5 Å². The van der Waals surface area contributed by atoms with Crippen LogP contribution in [0.15, 0.2) is 0 Å². The van der Waals surface area contributed by atoms with E-state index in [-0.39, 0.29) is 18.0 Å². The molecular formula is C5H12O2S. The first-order valence-corrected chi connectivity index (χ1v) is 3.15. The summed E-state index contributed by atoms with van der Waals surface area (Å²) in [4.78, 5) is 0. The molecule has 0 radical (unpaired) electrons. The van der Waals surface area contributed by atoms with Gasteiger partial charge in [-0.05, 0) is 13.3 Å². The highest BCUT2D eigenvalue weighted by atomic mass is 32.1. The number of hydrogen-bond donors (Lipinski definition) is 3. The van der Waals surface area contributed by atoms with E-state index in [4.69, 9.17) is 10.2 Å². The highest BCUT2D eigenvalue weighted by Crippen LogP contribution is 2.02. The molecular weight excluding hydrogens is 124 g/mol. The van der Waals surface area contributed by atoms with Crippen LogP contribution in [0.1, 0.15) is 13.3 Å². The smallest absolute Gasteiger partial charge is 0.0548 e. The van der Waals surface area contributed by atoms with Crippen LogP contribution in [-0.2, 0) is 0 Å². The summed E-state index contributed by atoms with van der Waals surface area (Å²) in [5.41, 5.74) is 0. The van der Waals surface area contributed by atoms with Crippen molar-refractivity contribution in [3.8, 4) is 0 Å². The molecule has 2 atom stereocenters. The van der Waals surface area contributed by atoms with Crippen molar-refractivity contribution in [2.24, 2.45) is 0 Å².